The molecule has 2 rings (SSSR count). The van der Waals surface area contributed by atoms with Gasteiger partial charge in [0.25, 0.3) is 0 Å². The molecule has 0 atom stereocenters. The second kappa shape index (κ2) is 5.36. The van der Waals surface area contributed by atoms with Gasteiger partial charge in [0.2, 0.25) is 0 Å². The lowest BCUT2D eigenvalue weighted by molar-refractivity contribution is 0.0597. The molecule has 3 nitrogen and oxygen atoms in total. The van der Waals surface area contributed by atoms with Gasteiger partial charge in [0.15, 0.2) is 0 Å². The zero-order chi connectivity index (χ0) is 13.0. The van der Waals surface area contributed by atoms with Crippen molar-refractivity contribution < 1.29 is 14.3 Å². The fourth-order valence-corrected chi connectivity index (χ4v) is 1.87. The van der Waals surface area contributed by atoms with Gasteiger partial charge in [-0.3, -0.25) is 0 Å². The third-order valence-electron chi connectivity index (χ3n) is 2.71. The highest BCUT2D eigenvalue weighted by molar-refractivity contribution is 5.95. The van der Waals surface area contributed by atoms with Crippen molar-refractivity contribution in [1.29, 1.82) is 0 Å². The quantitative estimate of drug-likeness (QED) is 0.775. The Hall–Kier alpha value is -2.29. The van der Waals surface area contributed by atoms with Crippen LogP contribution in [0.15, 0.2) is 48.5 Å². The van der Waals surface area contributed by atoms with Crippen LogP contribution in [0.1, 0.15) is 10.4 Å². The number of carbonyl (C=O) groups is 1. The van der Waals surface area contributed by atoms with Crippen molar-refractivity contribution in [2.45, 2.75) is 0 Å². The molecule has 0 fully saturated rings. The van der Waals surface area contributed by atoms with Crippen LogP contribution in [0, 0.1) is 0 Å². The highest BCUT2D eigenvalue weighted by atomic mass is 16.5. The molecule has 0 spiro atoms. The third-order valence-corrected chi connectivity index (χ3v) is 2.71. The summed E-state index contributed by atoms with van der Waals surface area (Å²) in [5, 5.41) is 0. The Labute approximate surface area is 106 Å². The van der Waals surface area contributed by atoms with Crippen LogP contribution in [-0.4, -0.2) is 20.2 Å². The van der Waals surface area contributed by atoms with E-state index < -0.39 is 5.97 Å². The molecule has 0 amide bonds. The van der Waals surface area contributed by atoms with E-state index in [9.17, 15) is 4.79 Å². The predicted molar refractivity (Wildman–Crippen MR) is 69.8 cm³/mol. The molecule has 0 saturated heterocycles. The number of carbonyl (C=O) groups excluding carboxylic acids is 1. The zero-order valence-electron chi connectivity index (χ0n) is 10.3. The number of rotatable bonds is 3. The maximum atomic E-state index is 11.7. The van der Waals surface area contributed by atoms with E-state index in [4.69, 9.17) is 9.47 Å². The van der Waals surface area contributed by atoms with Crippen molar-refractivity contribution in [3.8, 4) is 16.9 Å². The Morgan fingerprint density at radius 2 is 1.67 bits per heavy atom. The molecule has 0 bridgehead atoms. The molecule has 2 aromatic rings. The van der Waals surface area contributed by atoms with Gasteiger partial charge in [-0.05, 0) is 11.6 Å². The first-order valence-corrected chi connectivity index (χ1v) is 5.58. The van der Waals surface area contributed by atoms with E-state index in [-0.39, 0.29) is 0 Å². The summed E-state index contributed by atoms with van der Waals surface area (Å²) in [5.41, 5.74) is 2.31. The Kier molecular flexibility index (Phi) is 3.63. The summed E-state index contributed by atoms with van der Waals surface area (Å²) in [4.78, 5) is 11.7. The van der Waals surface area contributed by atoms with E-state index >= 15 is 0 Å². The van der Waals surface area contributed by atoms with Gasteiger partial charge in [0.05, 0.1) is 14.2 Å². The van der Waals surface area contributed by atoms with Crippen LogP contribution in [0.2, 0.25) is 0 Å². The summed E-state index contributed by atoms with van der Waals surface area (Å²) in [7, 11) is 2.91. The Balaban J connectivity index is 2.59. The molecule has 0 heterocycles. The SMILES string of the molecule is COC(=O)c1cccc(-c2ccccc2)c1OC. The highest BCUT2D eigenvalue weighted by Crippen LogP contribution is 2.33. The lowest BCUT2D eigenvalue weighted by Crippen LogP contribution is -2.04. The lowest BCUT2D eigenvalue weighted by Gasteiger charge is -2.12. The standard InChI is InChI=1S/C15H14O3/c1-17-14-12(11-7-4-3-5-8-11)9-6-10-13(14)15(16)18-2/h3-10H,1-2H3. The molecule has 3 heteroatoms. The minimum atomic E-state index is -0.398. The first-order chi connectivity index (χ1) is 8.77. The van der Waals surface area contributed by atoms with Gasteiger partial charge in [-0.25, -0.2) is 4.79 Å². The molecule has 0 aliphatic rings. The zero-order valence-corrected chi connectivity index (χ0v) is 10.3. The molecule has 0 aliphatic carbocycles. The van der Waals surface area contributed by atoms with Crippen molar-refractivity contribution in [3.05, 3.63) is 54.1 Å². The van der Waals surface area contributed by atoms with Gasteiger partial charge >= 0.3 is 5.97 Å². The number of hydrogen-bond donors (Lipinski definition) is 0. The Morgan fingerprint density at radius 1 is 0.944 bits per heavy atom. The molecular formula is C15H14O3. The van der Waals surface area contributed by atoms with Crippen molar-refractivity contribution in [2.75, 3.05) is 14.2 Å². The summed E-state index contributed by atoms with van der Waals surface area (Å²) in [6.07, 6.45) is 0. The highest BCUT2D eigenvalue weighted by Gasteiger charge is 2.16. The molecule has 92 valence electrons. The van der Waals surface area contributed by atoms with E-state index in [1.54, 1.807) is 13.2 Å². The first-order valence-electron chi connectivity index (χ1n) is 5.58. The fourth-order valence-electron chi connectivity index (χ4n) is 1.87. The largest absolute Gasteiger partial charge is 0.495 e. The monoisotopic (exact) mass is 242 g/mol. The molecule has 0 aliphatic heterocycles. The second-order valence-corrected chi connectivity index (χ2v) is 3.74. The van der Waals surface area contributed by atoms with Crippen LogP contribution in [0.4, 0.5) is 0 Å². The van der Waals surface area contributed by atoms with Crippen LogP contribution in [0.25, 0.3) is 11.1 Å². The lowest BCUT2D eigenvalue weighted by atomic mass is 10.0. The number of esters is 1. The van der Waals surface area contributed by atoms with E-state index in [2.05, 4.69) is 0 Å². The van der Waals surface area contributed by atoms with Crippen LogP contribution in [0.5, 0.6) is 5.75 Å². The smallest absolute Gasteiger partial charge is 0.341 e. The van der Waals surface area contributed by atoms with Crippen molar-refractivity contribution >= 4 is 5.97 Å². The molecule has 0 N–H and O–H groups in total. The van der Waals surface area contributed by atoms with E-state index in [1.807, 2.05) is 42.5 Å². The third kappa shape index (κ3) is 2.20. The van der Waals surface area contributed by atoms with Gasteiger partial charge in [0.1, 0.15) is 11.3 Å². The topological polar surface area (TPSA) is 35.5 Å². The average molecular weight is 242 g/mol. The van der Waals surface area contributed by atoms with Crippen LogP contribution < -0.4 is 4.74 Å². The Morgan fingerprint density at radius 3 is 2.28 bits per heavy atom. The minimum absolute atomic E-state index is 0.398. The molecule has 0 unspecified atom stereocenters. The summed E-state index contributed by atoms with van der Waals surface area (Å²) < 4.78 is 10.1. The number of benzene rings is 2. The summed E-state index contributed by atoms with van der Waals surface area (Å²) in [6.45, 7) is 0. The Bertz CT molecular complexity index is 547. The molecule has 0 saturated carbocycles. The van der Waals surface area contributed by atoms with E-state index in [1.165, 1.54) is 7.11 Å². The molecule has 2 aromatic carbocycles. The van der Waals surface area contributed by atoms with Crippen molar-refractivity contribution in [3.63, 3.8) is 0 Å². The minimum Gasteiger partial charge on any atom is -0.495 e. The van der Waals surface area contributed by atoms with Crippen molar-refractivity contribution in [1.82, 2.24) is 0 Å². The first kappa shape index (κ1) is 12.2. The van der Waals surface area contributed by atoms with Crippen LogP contribution in [-0.2, 0) is 4.74 Å². The van der Waals surface area contributed by atoms with Crippen molar-refractivity contribution in [2.24, 2.45) is 0 Å². The van der Waals surface area contributed by atoms with Gasteiger partial charge in [-0.15, -0.1) is 0 Å². The number of methoxy groups -OCH3 is 2. The average Bonchev–Trinajstić information content (AvgIpc) is 2.46. The normalized spacial score (nSPS) is 9.89. The summed E-state index contributed by atoms with van der Waals surface area (Å²) >= 11 is 0. The summed E-state index contributed by atoms with van der Waals surface area (Å²) in [6, 6.07) is 15.2. The number of ether oxygens (including phenoxy) is 2. The number of para-hydroxylation sites is 1. The second-order valence-electron chi connectivity index (χ2n) is 3.74. The molecular weight excluding hydrogens is 228 g/mol. The number of hydrogen-bond acceptors (Lipinski definition) is 3. The molecule has 0 aromatic heterocycles. The predicted octanol–water partition coefficient (Wildman–Crippen LogP) is 3.15. The van der Waals surface area contributed by atoms with Gasteiger partial charge in [-0.2, -0.15) is 0 Å². The van der Waals surface area contributed by atoms with Gasteiger partial charge in [0, 0.05) is 5.56 Å². The molecule has 0 radical (unpaired) electrons. The maximum Gasteiger partial charge on any atom is 0.341 e. The van der Waals surface area contributed by atoms with Gasteiger partial charge in [-0.1, -0.05) is 42.5 Å². The van der Waals surface area contributed by atoms with E-state index in [0.29, 0.717) is 11.3 Å². The summed E-state index contributed by atoms with van der Waals surface area (Å²) in [5.74, 6) is 0.139. The van der Waals surface area contributed by atoms with E-state index in [0.717, 1.165) is 11.1 Å². The van der Waals surface area contributed by atoms with Crippen LogP contribution >= 0.6 is 0 Å². The van der Waals surface area contributed by atoms with Crippen LogP contribution in [0.3, 0.4) is 0 Å². The molecule has 18 heavy (non-hydrogen) atoms. The fraction of sp³-hybridized carbons (Fsp3) is 0.133. The van der Waals surface area contributed by atoms with Gasteiger partial charge < -0.3 is 9.47 Å². The maximum absolute atomic E-state index is 11.7.